The molecular weight excluding hydrogens is 250 g/mol. The van der Waals surface area contributed by atoms with Gasteiger partial charge in [0.1, 0.15) is 5.76 Å². The van der Waals surface area contributed by atoms with E-state index in [1.165, 1.54) is 0 Å². The number of aromatic nitrogens is 2. The Morgan fingerprint density at radius 2 is 2.20 bits per heavy atom. The average molecular weight is 269 g/mol. The van der Waals surface area contributed by atoms with Gasteiger partial charge in [0.2, 0.25) is 0 Å². The summed E-state index contributed by atoms with van der Waals surface area (Å²) in [6.45, 7) is 3.78. The molecule has 4 nitrogen and oxygen atoms in total. The van der Waals surface area contributed by atoms with Crippen LogP contribution >= 0.6 is 0 Å². The van der Waals surface area contributed by atoms with Gasteiger partial charge >= 0.3 is 0 Å². The largest absolute Gasteiger partial charge is 0.496 e. The zero-order valence-corrected chi connectivity index (χ0v) is 11.7. The van der Waals surface area contributed by atoms with E-state index in [0.717, 1.165) is 48.3 Å². The van der Waals surface area contributed by atoms with Crippen molar-refractivity contribution in [2.24, 2.45) is 0 Å². The van der Waals surface area contributed by atoms with E-state index in [1.54, 1.807) is 12.4 Å². The minimum atomic E-state index is 0.0562. The highest BCUT2D eigenvalue weighted by atomic mass is 16.5. The molecule has 0 amide bonds. The van der Waals surface area contributed by atoms with Crippen LogP contribution in [-0.4, -0.2) is 23.1 Å². The Balaban J connectivity index is 2.07. The summed E-state index contributed by atoms with van der Waals surface area (Å²) in [5.74, 6) is 1.01. The van der Waals surface area contributed by atoms with Gasteiger partial charge < -0.3 is 10.1 Å². The second kappa shape index (κ2) is 6.01. The van der Waals surface area contributed by atoms with Crippen molar-refractivity contribution in [2.45, 2.75) is 25.8 Å². The lowest BCUT2D eigenvalue weighted by atomic mass is 10.0. The maximum Gasteiger partial charge on any atom is 0.114 e. The Morgan fingerprint density at radius 3 is 3.00 bits per heavy atom. The number of allylic oxidation sites excluding steroid dienone is 1. The molecule has 1 aromatic carbocycles. The molecule has 1 unspecified atom stereocenters. The Bertz CT molecular complexity index is 619. The van der Waals surface area contributed by atoms with Crippen LogP contribution in [0.25, 0.3) is 11.0 Å². The van der Waals surface area contributed by atoms with E-state index in [4.69, 9.17) is 4.74 Å². The number of benzene rings is 1. The van der Waals surface area contributed by atoms with Crippen molar-refractivity contribution >= 4 is 11.0 Å². The molecule has 1 aliphatic heterocycles. The number of ether oxygens (including phenoxy) is 1. The number of nitrogens with one attached hydrogen (secondary N) is 1. The molecule has 4 heteroatoms. The van der Waals surface area contributed by atoms with Crippen LogP contribution in [0.2, 0.25) is 0 Å². The number of likely N-dealkylation sites (N-methyl/N-ethyl adjacent to an activating group) is 1. The summed E-state index contributed by atoms with van der Waals surface area (Å²) < 4.78 is 5.85. The zero-order chi connectivity index (χ0) is 13.8. The number of fused-ring (bicyclic) bond motifs is 1. The van der Waals surface area contributed by atoms with Crippen molar-refractivity contribution in [1.29, 1.82) is 0 Å². The minimum absolute atomic E-state index is 0.0562. The molecule has 1 N–H and O–H groups in total. The standard InChI is InChI=1S/C16H19N3O/c1-2-17-16(14-8-3-4-11-20-14)12-6-5-7-13-15(12)19-10-9-18-13/h5-10,16-17H,2-4,11H2,1H3. The second-order valence-electron chi connectivity index (χ2n) is 4.86. The van der Waals surface area contributed by atoms with Gasteiger partial charge in [-0.2, -0.15) is 0 Å². The quantitative estimate of drug-likeness (QED) is 0.927. The highest BCUT2D eigenvalue weighted by Crippen LogP contribution is 2.29. The molecule has 20 heavy (non-hydrogen) atoms. The average Bonchev–Trinajstić information content (AvgIpc) is 2.53. The summed E-state index contributed by atoms with van der Waals surface area (Å²) in [6.07, 6.45) is 7.83. The first-order valence-electron chi connectivity index (χ1n) is 7.16. The van der Waals surface area contributed by atoms with Crippen LogP contribution in [0.3, 0.4) is 0 Å². The molecule has 1 aromatic heterocycles. The summed E-state index contributed by atoms with van der Waals surface area (Å²) in [5.41, 5.74) is 2.99. The van der Waals surface area contributed by atoms with Crippen molar-refractivity contribution in [3.8, 4) is 0 Å². The first kappa shape index (κ1) is 13.1. The fraction of sp³-hybridized carbons (Fsp3) is 0.375. The van der Waals surface area contributed by atoms with Crippen LogP contribution in [0.1, 0.15) is 31.4 Å². The molecule has 0 aliphatic carbocycles. The van der Waals surface area contributed by atoms with Gasteiger partial charge in [-0.15, -0.1) is 0 Å². The van der Waals surface area contributed by atoms with E-state index in [-0.39, 0.29) is 6.04 Å². The number of nitrogens with zero attached hydrogens (tertiary/aromatic N) is 2. The molecule has 0 spiro atoms. The van der Waals surface area contributed by atoms with E-state index in [2.05, 4.69) is 34.4 Å². The fourth-order valence-corrected chi connectivity index (χ4v) is 2.59. The van der Waals surface area contributed by atoms with Gasteiger partial charge in [0.05, 0.1) is 23.7 Å². The van der Waals surface area contributed by atoms with Crippen LogP contribution in [0.5, 0.6) is 0 Å². The third kappa shape index (κ3) is 2.51. The molecule has 0 radical (unpaired) electrons. The third-order valence-electron chi connectivity index (χ3n) is 3.50. The van der Waals surface area contributed by atoms with E-state index in [0.29, 0.717) is 0 Å². The molecule has 3 rings (SSSR count). The van der Waals surface area contributed by atoms with Crippen LogP contribution < -0.4 is 5.32 Å². The topological polar surface area (TPSA) is 47.0 Å². The molecule has 1 aliphatic rings. The van der Waals surface area contributed by atoms with Crippen molar-refractivity contribution < 1.29 is 4.74 Å². The maximum absolute atomic E-state index is 5.85. The number of hydrogen-bond acceptors (Lipinski definition) is 4. The summed E-state index contributed by atoms with van der Waals surface area (Å²) in [4.78, 5) is 8.87. The van der Waals surface area contributed by atoms with Crippen LogP contribution in [-0.2, 0) is 4.74 Å². The van der Waals surface area contributed by atoms with E-state index < -0.39 is 0 Å². The molecule has 2 aromatic rings. The van der Waals surface area contributed by atoms with Crippen LogP contribution in [0, 0.1) is 0 Å². The Labute approximate surface area is 118 Å². The molecular formula is C16H19N3O. The molecule has 0 bridgehead atoms. The first-order chi connectivity index (χ1) is 9.90. The third-order valence-corrected chi connectivity index (χ3v) is 3.50. The van der Waals surface area contributed by atoms with Gasteiger partial charge in [-0.25, -0.2) is 0 Å². The smallest absolute Gasteiger partial charge is 0.114 e. The monoisotopic (exact) mass is 269 g/mol. The first-order valence-corrected chi connectivity index (χ1v) is 7.16. The van der Waals surface area contributed by atoms with Crippen molar-refractivity contribution in [2.75, 3.05) is 13.2 Å². The maximum atomic E-state index is 5.85. The normalized spacial score (nSPS) is 16.6. The molecule has 0 saturated heterocycles. The van der Waals surface area contributed by atoms with E-state index in [1.807, 2.05) is 12.1 Å². The van der Waals surface area contributed by atoms with Crippen LogP contribution in [0.15, 0.2) is 42.4 Å². The SMILES string of the molecule is CCNC(C1=CCCCO1)c1cccc2nccnc12. The van der Waals surface area contributed by atoms with E-state index >= 15 is 0 Å². The molecule has 0 fully saturated rings. The van der Waals surface area contributed by atoms with Gasteiger partial charge in [-0.05, 0) is 31.5 Å². The highest BCUT2D eigenvalue weighted by molar-refractivity contribution is 5.78. The van der Waals surface area contributed by atoms with Gasteiger partial charge in [-0.3, -0.25) is 9.97 Å². The molecule has 2 heterocycles. The minimum Gasteiger partial charge on any atom is -0.496 e. The number of rotatable bonds is 4. The molecule has 1 atom stereocenters. The van der Waals surface area contributed by atoms with Gasteiger partial charge in [0.15, 0.2) is 0 Å². The number of para-hydroxylation sites is 1. The fourth-order valence-electron chi connectivity index (χ4n) is 2.59. The summed E-state index contributed by atoms with van der Waals surface area (Å²) in [5, 5.41) is 3.50. The van der Waals surface area contributed by atoms with Crippen LogP contribution in [0.4, 0.5) is 0 Å². The zero-order valence-electron chi connectivity index (χ0n) is 11.7. The predicted molar refractivity (Wildman–Crippen MR) is 79.2 cm³/mol. The Morgan fingerprint density at radius 1 is 1.30 bits per heavy atom. The summed E-state index contributed by atoms with van der Waals surface area (Å²) in [7, 11) is 0. The Kier molecular flexibility index (Phi) is 3.92. The van der Waals surface area contributed by atoms with Crippen molar-refractivity contribution in [1.82, 2.24) is 15.3 Å². The van der Waals surface area contributed by atoms with Gasteiger partial charge in [0, 0.05) is 18.0 Å². The summed E-state index contributed by atoms with van der Waals surface area (Å²) in [6, 6.07) is 6.18. The second-order valence-corrected chi connectivity index (χ2v) is 4.86. The van der Waals surface area contributed by atoms with Gasteiger partial charge in [-0.1, -0.05) is 19.1 Å². The number of hydrogen-bond donors (Lipinski definition) is 1. The lowest BCUT2D eigenvalue weighted by Crippen LogP contribution is -2.25. The summed E-state index contributed by atoms with van der Waals surface area (Å²) >= 11 is 0. The van der Waals surface area contributed by atoms with Crippen molar-refractivity contribution in [3.63, 3.8) is 0 Å². The van der Waals surface area contributed by atoms with Gasteiger partial charge in [0.25, 0.3) is 0 Å². The lowest BCUT2D eigenvalue weighted by Gasteiger charge is -2.25. The van der Waals surface area contributed by atoms with Crippen molar-refractivity contribution in [3.05, 3.63) is 48.0 Å². The molecule has 104 valence electrons. The predicted octanol–water partition coefficient (Wildman–Crippen LogP) is 2.97. The van der Waals surface area contributed by atoms with E-state index in [9.17, 15) is 0 Å². The Hall–Kier alpha value is -1.94. The lowest BCUT2D eigenvalue weighted by molar-refractivity contribution is 0.168. The molecule has 0 saturated carbocycles. The highest BCUT2D eigenvalue weighted by Gasteiger charge is 2.21.